The van der Waals surface area contributed by atoms with Crippen molar-refractivity contribution >= 4 is 40.8 Å². The highest BCUT2D eigenvalue weighted by atomic mass is 35.5. The molecule has 0 aliphatic rings. The average Bonchev–Trinajstić information content (AvgIpc) is 3.44. The van der Waals surface area contributed by atoms with Gasteiger partial charge in [0.25, 0.3) is 5.89 Å². The van der Waals surface area contributed by atoms with Gasteiger partial charge in [0.15, 0.2) is 0 Å². The Morgan fingerprint density at radius 2 is 1.97 bits per heavy atom. The Balaban J connectivity index is 1.55. The van der Waals surface area contributed by atoms with Crippen molar-refractivity contribution in [2.45, 2.75) is 11.6 Å². The Bertz CT molecular complexity index is 1320. The molecule has 2 aromatic carbocycles. The number of carbonyl (C=O) groups excluding carboxylic acids is 1. The van der Waals surface area contributed by atoms with Gasteiger partial charge < -0.3 is 25.0 Å². The molecule has 10 nitrogen and oxygen atoms in total. The molecule has 2 aromatic heterocycles. The van der Waals surface area contributed by atoms with Crippen LogP contribution in [0.5, 0.6) is 11.5 Å². The van der Waals surface area contributed by atoms with Crippen molar-refractivity contribution < 1.29 is 18.8 Å². The summed E-state index contributed by atoms with van der Waals surface area (Å²) >= 11 is 7.48. The van der Waals surface area contributed by atoms with Crippen LogP contribution in [0.25, 0.3) is 22.8 Å². The third kappa shape index (κ3) is 4.80. The van der Waals surface area contributed by atoms with Crippen molar-refractivity contribution in [2.75, 3.05) is 31.5 Å². The second-order valence-corrected chi connectivity index (χ2v) is 8.18. The first kappa shape index (κ1) is 23.5. The third-order valence-electron chi connectivity index (χ3n) is 4.87. The second-order valence-electron chi connectivity index (χ2n) is 6.98. The fourth-order valence-corrected chi connectivity index (χ4v) is 4.01. The van der Waals surface area contributed by atoms with Crippen LogP contribution in [0.2, 0.25) is 5.02 Å². The number of halogens is 1. The number of ether oxygens (including phenoxy) is 2. The number of rotatable bonds is 8. The van der Waals surface area contributed by atoms with Crippen LogP contribution in [-0.2, 0) is 11.3 Å². The van der Waals surface area contributed by atoms with Crippen LogP contribution in [0.4, 0.5) is 11.5 Å². The maximum Gasteiger partial charge on any atom is 0.264 e. The van der Waals surface area contributed by atoms with E-state index in [1.54, 1.807) is 37.4 Å². The van der Waals surface area contributed by atoms with Crippen LogP contribution in [0.15, 0.2) is 52.0 Å². The topological polar surface area (TPSA) is 130 Å². The monoisotopic (exact) mass is 500 g/mol. The highest BCUT2D eigenvalue weighted by Gasteiger charge is 2.24. The number of nitrogens with one attached hydrogen (secondary N) is 1. The molecule has 0 saturated heterocycles. The summed E-state index contributed by atoms with van der Waals surface area (Å²) in [5.74, 6) is 1.74. The van der Waals surface area contributed by atoms with Crippen LogP contribution < -0.4 is 20.5 Å². The van der Waals surface area contributed by atoms with Gasteiger partial charge in [-0.15, -0.1) is 11.8 Å². The largest absolute Gasteiger partial charge is 0.497 e. The van der Waals surface area contributed by atoms with Gasteiger partial charge >= 0.3 is 0 Å². The van der Waals surface area contributed by atoms with Crippen molar-refractivity contribution in [3.8, 4) is 34.3 Å². The number of carbonyl (C=O) groups is 1. The SMILES string of the molecule is COc1ccc(-c2noc(-c3c(SC)nn(CC(=O)Nc4ccc(OC)c(Cl)c4)c3N)n2)cc1. The summed E-state index contributed by atoms with van der Waals surface area (Å²) in [6, 6.07) is 12.2. The van der Waals surface area contributed by atoms with E-state index < -0.39 is 0 Å². The zero-order chi connectivity index (χ0) is 24.2. The Labute approximate surface area is 204 Å². The number of aromatic nitrogens is 4. The smallest absolute Gasteiger partial charge is 0.264 e. The first-order valence-electron chi connectivity index (χ1n) is 9.95. The van der Waals surface area contributed by atoms with Gasteiger partial charge in [-0.1, -0.05) is 16.8 Å². The summed E-state index contributed by atoms with van der Waals surface area (Å²) < 4.78 is 17.2. The third-order valence-corrected chi connectivity index (χ3v) is 5.84. The number of thioether (sulfide) groups is 1. The maximum absolute atomic E-state index is 12.6. The number of nitrogens with zero attached hydrogens (tertiary/aromatic N) is 4. The zero-order valence-corrected chi connectivity index (χ0v) is 20.1. The number of hydrogen-bond donors (Lipinski definition) is 2. The van der Waals surface area contributed by atoms with Gasteiger partial charge in [-0.25, -0.2) is 4.68 Å². The predicted octanol–water partition coefficient (Wildman–Crippen LogP) is 4.21. The van der Waals surface area contributed by atoms with E-state index in [0.717, 1.165) is 11.3 Å². The molecule has 3 N–H and O–H groups in total. The lowest BCUT2D eigenvalue weighted by molar-refractivity contribution is -0.116. The number of hydrogen-bond acceptors (Lipinski definition) is 9. The fourth-order valence-electron chi connectivity index (χ4n) is 3.18. The molecule has 0 atom stereocenters. The van der Waals surface area contributed by atoms with Gasteiger partial charge in [0.05, 0.1) is 19.2 Å². The van der Waals surface area contributed by atoms with Crippen LogP contribution in [0.3, 0.4) is 0 Å². The highest BCUT2D eigenvalue weighted by Crippen LogP contribution is 2.35. The molecule has 0 aliphatic heterocycles. The lowest BCUT2D eigenvalue weighted by atomic mass is 10.2. The van der Waals surface area contributed by atoms with E-state index in [9.17, 15) is 4.79 Å². The highest BCUT2D eigenvalue weighted by molar-refractivity contribution is 7.98. The van der Waals surface area contributed by atoms with E-state index in [-0.39, 0.29) is 24.2 Å². The van der Waals surface area contributed by atoms with Gasteiger partial charge in [0.2, 0.25) is 11.7 Å². The second kappa shape index (κ2) is 10.1. The van der Waals surface area contributed by atoms with Gasteiger partial charge in [-0.05, 0) is 48.7 Å². The van der Waals surface area contributed by atoms with Crippen molar-refractivity contribution in [2.24, 2.45) is 0 Å². The van der Waals surface area contributed by atoms with Crippen molar-refractivity contribution in [1.29, 1.82) is 0 Å². The number of methoxy groups -OCH3 is 2. The Hall–Kier alpha value is -3.70. The van der Waals surface area contributed by atoms with E-state index in [2.05, 4.69) is 20.6 Å². The summed E-state index contributed by atoms with van der Waals surface area (Å²) in [7, 11) is 3.11. The molecule has 0 fully saturated rings. The van der Waals surface area contributed by atoms with Gasteiger partial charge in [0, 0.05) is 11.3 Å². The van der Waals surface area contributed by atoms with Gasteiger partial charge in [0.1, 0.15) is 34.5 Å². The number of anilines is 2. The minimum atomic E-state index is -0.334. The predicted molar refractivity (Wildman–Crippen MR) is 130 cm³/mol. The Morgan fingerprint density at radius 3 is 2.62 bits per heavy atom. The molecule has 0 bridgehead atoms. The van der Waals surface area contributed by atoms with E-state index in [1.165, 1.54) is 23.6 Å². The molecule has 1 amide bonds. The van der Waals surface area contributed by atoms with Crippen molar-refractivity contribution in [3.05, 3.63) is 47.5 Å². The molecule has 0 unspecified atom stereocenters. The molecule has 2 heterocycles. The average molecular weight is 501 g/mol. The minimum absolute atomic E-state index is 0.123. The molecule has 176 valence electrons. The standard InChI is InChI=1S/C22H21ClN6O4S/c1-31-14-7-4-12(5-8-14)20-26-21(33-28-20)18-19(24)29(27-22(18)34-3)11-17(30)25-13-6-9-16(32-2)15(23)10-13/h4-10H,11,24H2,1-3H3,(H,25,30). The summed E-state index contributed by atoms with van der Waals surface area (Å²) in [6.45, 7) is -0.123. The molecule has 0 radical (unpaired) electrons. The fraction of sp³-hybridized carbons (Fsp3) is 0.182. The van der Waals surface area contributed by atoms with E-state index in [0.29, 0.717) is 32.9 Å². The molecule has 12 heteroatoms. The molecular formula is C22H21ClN6O4S. The van der Waals surface area contributed by atoms with E-state index in [4.69, 9.17) is 31.3 Å². The minimum Gasteiger partial charge on any atom is -0.497 e. The van der Waals surface area contributed by atoms with Crippen molar-refractivity contribution in [1.82, 2.24) is 19.9 Å². The first-order valence-corrected chi connectivity index (χ1v) is 11.6. The Kier molecular flexibility index (Phi) is 6.94. The maximum atomic E-state index is 12.6. The van der Waals surface area contributed by atoms with Crippen LogP contribution in [-0.4, -0.2) is 46.3 Å². The number of nitrogens with two attached hydrogens (primary N) is 1. The normalized spacial score (nSPS) is 10.8. The number of amides is 1. The molecule has 0 spiro atoms. The summed E-state index contributed by atoms with van der Waals surface area (Å²) in [6.07, 6.45) is 1.84. The summed E-state index contributed by atoms with van der Waals surface area (Å²) in [5.41, 5.74) is 8.07. The number of nitrogen functional groups attached to an aromatic ring is 1. The Morgan fingerprint density at radius 1 is 1.21 bits per heavy atom. The lowest BCUT2D eigenvalue weighted by Crippen LogP contribution is -2.20. The summed E-state index contributed by atoms with van der Waals surface area (Å²) in [5, 5.41) is 12.2. The van der Waals surface area contributed by atoms with Gasteiger partial charge in [-0.3, -0.25) is 4.79 Å². The first-order chi connectivity index (χ1) is 16.4. The van der Waals surface area contributed by atoms with Crippen LogP contribution >= 0.6 is 23.4 Å². The van der Waals surface area contributed by atoms with Crippen molar-refractivity contribution in [3.63, 3.8) is 0 Å². The zero-order valence-electron chi connectivity index (χ0n) is 18.5. The number of benzene rings is 2. The molecule has 0 saturated carbocycles. The molecule has 4 aromatic rings. The van der Waals surface area contributed by atoms with Gasteiger partial charge in [-0.2, -0.15) is 10.1 Å². The summed E-state index contributed by atoms with van der Waals surface area (Å²) in [4.78, 5) is 17.1. The van der Waals surface area contributed by atoms with E-state index >= 15 is 0 Å². The quantitative estimate of drug-likeness (QED) is 0.341. The lowest BCUT2D eigenvalue weighted by Gasteiger charge is -2.09. The molecule has 0 aliphatic carbocycles. The van der Waals surface area contributed by atoms with Crippen LogP contribution in [0, 0.1) is 0 Å². The molecule has 34 heavy (non-hydrogen) atoms. The molecule has 4 rings (SSSR count). The van der Waals surface area contributed by atoms with E-state index in [1.807, 2.05) is 18.4 Å². The van der Waals surface area contributed by atoms with Crippen LogP contribution in [0.1, 0.15) is 0 Å². The molecular weight excluding hydrogens is 480 g/mol.